The van der Waals surface area contributed by atoms with Gasteiger partial charge in [-0.2, -0.15) is 0 Å². The fraction of sp³-hybridized carbons (Fsp3) is 0.571. The molecule has 0 atom stereocenters. The van der Waals surface area contributed by atoms with Gasteiger partial charge in [-0.1, -0.05) is 0 Å². The summed E-state index contributed by atoms with van der Waals surface area (Å²) in [6.45, 7) is 3.40. The molecule has 0 spiro atoms. The van der Waals surface area contributed by atoms with Crippen LogP contribution in [0.3, 0.4) is 0 Å². The number of carbonyl (C=O) groups is 2. The third-order valence-electron chi connectivity index (χ3n) is 3.56. The van der Waals surface area contributed by atoms with Crippen LogP contribution in [0.4, 0.5) is 4.79 Å². The van der Waals surface area contributed by atoms with Crippen molar-refractivity contribution in [3.05, 3.63) is 22.4 Å². The van der Waals surface area contributed by atoms with Crippen LogP contribution < -0.4 is 5.32 Å². The van der Waals surface area contributed by atoms with E-state index in [0.29, 0.717) is 25.4 Å². The van der Waals surface area contributed by atoms with E-state index in [0.717, 1.165) is 17.3 Å². The summed E-state index contributed by atoms with van der Waals surface area (Å²) in [5.41, 5.74) is 0.620. The number of carbonyl (C=O) groups excluding carboxylic acids is 2. The number of halogens is 1. The minimum Gasteiger partial charge on any atom is -0.450 e. The molecular formula is C14H20BrN3O3. The van der Waals surface area contributed by atoms with Crippen molar-refractivity contribution < 1.29 is 14.3 Å². The minimum atomic E-state index is -0.270. The lowest BCUT2D eigenvalue weighted by Gasteiger charge is -2.31. The normalized spacial score (nSPS) is 15.9. The number of hydrogen-bond donors (Lipinski definition) is 1. The van der Waals surface area contributed by atoms with Gasteiger partial charge in [-0.3, -0.25) is 4.79 Å². The van der Waals surface area contributed by atoms with Crippen molar-refractivity contribution >= 4 is 27.9 Å². The number of amides is 2. The molecule has 1 saturated heterocycles. The predicted octanol–water partition coefficient (Wildman–Crippen LogP) is 2.14. The fourth-order valence-electron chi connectivity index (χ4n) is 2.43. The van der Waals surface area contributed by atoms with Crippen molar-refractivity contribution in [1.82, 2.24) is 14.8 Å². The highest BCUT2D eigenvalue weighted by Gasteiger charge is 2.25. The third-order valence-corrected chi connectivity index (χ3v) is 3.99. The molecule has 1 N–H and O–H groups in total. The molecule has 2 heterocycles. The quantitative estimate of drug-likeness (QED) is 0.901. The van der Waals surface area contributed by atoms with E-state index in [2.05, 4.69) is 21.2 Å². The molecule has 1 aromatic rings. The molecule has 7 heteroatoms. The SMILES string of the molecule is CCOC(=O)N1CCC(NC(=O)c2cc(Br)cn2C)CC1. The summed E-state index contributed by atoms with van der Waals surface area (Å²) in [6, 6.07) is 1.89. The van der Waals surface area contributed by atoms with Crippen LogP contribution in [0.5, 0.6) is 0 Å². The highest BCUT2D eigenvalue weighted by Crippen LogP contribution is 2.15. The van der Waals surface area contributed by atoms with Crippen molar-refractivity contribution in [2.45, 2.75) is 25.8 Å². The smallest absolute Gasteiger partial charge is 0.409 e. The van der Waals surface area contributed by atoms with E-state index >= 15 is 0 Å². The van der Waals surface area contributed by atoms with Gasteiger partial charge in [0.15, 0.2) is 0 Å². The molecule has 0 radical (unpaired) electrons. The van der Waals surface area contributed by atoms with Gasteiger partial charge in [-0.15, -0.1) is 0 Å². The average Bonchev–Trinajstić information content (AvgIpc) is 2.79. The zero-order valence-electron chi connectivity index (χ0n) is 12.3. The standard InChI is InChI=1S/C14H20BrN3O3/c1-3-21-14(20)18-6-4-11(5-7-18)16-13(19)12-8-10(15)9-17(12)2/h8-9,11H,3-7H2,1-2H3,(H,16,19). The topological polar surface area (TPSA) is 63.6 Å². The fourth-order valence-corrected chi connectivity index (χ4v) is 2.95. The first-order chi connectivity index (χ1) is 10.0. The zero-order valence-corrected chi connectivity index (χ0v) is 13.9. The van der Waals surface area contributed by atoms with Crippen LogP contribution in [-0.2, 0) is 11.8 Å². The van der Waals surface area contributed by atoms with Gasteiger partial charge in [0.1, 0.15) is 5.69 Å². The van der Waals surface area contributed by atoms with Gasteiger partial charge in [-0.05, 0) is 41.8 Å². The highest BCUT2D eigenvalue weighted by molar-refractivity contribution is 9.10. The summed E-state index contributed by atoms with van der Waals surface area (Å²) < 4.78 is 7.64. The number of piperidine rings is 1. The Labute approximate surface area is 132 Å². The van der Waals surface area contributed by atoms with E-state index in [1.54, 1.807) is 22.5 Å². The van der Waals surface area contributed by atoms with Gasteiger partial charge in [-0.25, -0.2) is 4.79 Å². The summed E-state index contributed by atoms with van der Waals surface area (Å²) in [4.78, 5) is 25.5. The van der Waals surface area contributed by atoms with E-state index in [4.69, 9.17) is 4.74 Å². The first-order valence-corrected chi connectivity index (χ1v) is 7.85. The second kappa shape index (κ2) is 6.98. The number of likely N-dealkylation sites (tertiary alicyclic amines) is 1. The van der Waals surface area contributed by atoms with Crippen LogP contribution in [0.25, 0.3) is 0 Å². The number of rotatable bonds is 3. The first kappa shape index (κ1) is 15.9. The van der Waals surface area contributed by atoms with Gasteiger partial charge >= 0.3 is 6.09 Å². The highest BCUT2D eigenvalue weighted by atomic mass is 79.9. The van der Waals surface area contributed by atoms with Gasteiger partial charge in [0.25, 0.3) is 5.91 Å². The molecule has 1 aliphatic heterocycles. The van der Waals surface area contributed by atoms with E-state index in [1.807, 2.05) is 13.2 Å². The number of nitrogens with zero attached hydrogens (tertiary/aromatic N) is 2. The number of aryl methyl sites for hydroxylation is 1. The van der Waals surface area contributed by atoms with Gasteiger partial charge in [0.05, 0.1) is 6.61 Å². The lowest BCUT2D eigenvalue weighted by molar-refractivity contribution is 0.0854. The van der Waals surface area contributed by atoms with Crippen LogP contribution in [0.1, 0.15) is 30.3 Å². The summed E-state index contributed by atoms with van der Waals surface area (Å²) in [6.07, 6.45) is 3.07. The maximum atomic E-state index is 12.2. The molecule has 0 unspecified atom stereocenters. The summed E-state index contributed by atoms with van der Waals surface area (Å²) in [5, 5.41) is 3.02. The van der Waals surface area contributed by atoms with Crippen LogP contribution in [0, 0.1) is 0 Å². The van der Waals surface area contributed by atoms with Gasteiger partial charge in [0.2, 0.25) is 0 Å². The Hall–Kier alpha value is -1.50. The number of hydrogen-bond acceptors (Lipinski definition) is 3. The van der Waals surface area contributed by atoms with Gasteiger partial charge in [0, 0.05) is 36.8 Å². The average molecular weight is 358 g/mol. The maximum Gasteiger partial charge on any atom is 0.409 e. The molecule has 0 saturated carbocycles. The molecule has 0 bridgehead atoms. The summed E-state index contributed by atoms with van der Waals surface area (Å²) in [7, 11) is 1.84. The Kier molecular flexibility index (Phi) is 5.27. The molecule has 6 nitrogen and oxygen atoms in total. The van der Waals surface area contributed by atoms with Crippen molar-refractivity contribution in [3.8, 4) is 0 Å². The second-order valence-corrected chi connectivity index (χ2v) is 6.00. The summed E-state index contributed by atoms with van der Waals surface area (Å²) >= 11 is 3.36. The zero-order chi connectivity index (χ0) is 15.4. The molecule has 116 valence electrons. The monoisotopic (exact) mass is 357 g/mol. The summed E-state index contributed by atoms with van der Waals surface area (Å²) in [5.74, 6) is -0.0854. The van der Waals surface area contributed by atoms with Crippen LogP contribution in [0.15, 0.2) is 16.7 Å². The predicted molar refractivity (Wildman–Crippen MR) is 82.2 cm³/mol. The Morgan fingerprint density at radius 2 is 2.10 bits per heavy atom. The molecule has 0 aliphatic carbocycles. The molecule has 1 aromatic heterocycles. The number of ether oxygens (including phenoxy) is 1. The lowest BCUT2D eigenvalue weighted by Crippen LogP contribution is -2.46. The van der Waals surface area contributed by atoms with Crippen LogP contribution >= 0.6 is 15.9 Å². The van der Waals surface area contributed by atoms with Crippen molar-refractivity contribution in [2.75, 3.05) is 19.7 Å². The minimum absolute atomic E-state index is 0.0854. The van der Waals surface area contributed by atoms with E-state index in [1.165, 1.54) is 0 Å². The molecule has 2 amide bonds. The van der Waals surface area contributed by atoms with E-state index < -0.39 is 0 Å². The number of aromatic nitrogens is 1. The maximum absolute atomic E-state index is 12.2. The van der Waals surface area contributed by atoms with Gasteiger partial charge < -0.3 is 19.5 Å². The number of nitrogens with one attached hydrogen (secondary N) is 1. The molecule has 1 aliphatic rings. The largest absolute Gasteiger partial charge is 0.450 e. The molecule has 21 heavy (non-hydrogen) atoms. The molecule has 1 fully saturated rings. The first-order valence-electron chi connectivity index (χ1n) is 7.05. The Morgan fingerprint density at radius 1 is 1.43 bits per heavy atom. The third kappa shape index (κ3) is 4.00. The van der Waals surface area contributed by atoms with Crippen molar-refractivity contribution in [1.29, 1.82) is 0 Å². The van der Waals surface area contributed by atoms with E-state index in [-0.39, 0.29) is 18.0 Å². The van der Waals surface area contributed by atoms with E-state index in [9.17, 15) is 9.59 Å². The lowest BCUT2D eigenvalue weighted by atomic mass is 10.1. The molecule has 2 rings (SSSR count). The Bertz CT molecular complexity index is 522. The van der Waals surface area contributed by atoms with Crippen molar-refractivity contribution in [3.63, 3.8) is 0 Å². The second-order valence-electron chi connectivity index (χ2n) is 5.09. The molecular weight excluding hydrogens is 338 g/mol. The van der Waals surface area contributed by atoms with Crippen LogP contribution in [0.2, 0.25) is 0 Å². The Balaban J connectivity index is 1.85. The Morgan fingerprint density at radius 3 is 2.62 bits per heavy atom. The van der Waals surface area contributed by atoms with Crippen molar-refractivity contribution in [2.24, 2.45) is 7.05 Å². The van der Waals surface area contributed by atoms with Crippen LogP contribution in [-0.4, -0.2) is 47.2 Å². The molecule has 0 aromatic carbocycles.